The molecule has 5 rings (SSSR count). The number of aromatic hydroxyl groups is 2. The third kappa shape index (κ3) is 4.98. The second kappa shape index (κ2) is 10.6. The van der Waals surface area contributed by atoms with Crippen molar-refractivity contribution in [2.45, 2.75) is 43.7 Å². The van der Waals surface area contributed by atoms with Crippen molar-refractivity contribution in [1.29, 1.82) is 0 Å². The van der Waals surface area contributed by atoms with Gasteiger partial charge in [-0.25, -0.2) is 4.79 Å². The second-order valence-electron chi connectivity index (χ2n) is 9.30. The number of hydrogen-bond donors (Lipinski definition) is 6. The number of carbonyl (C=O) groups excluding carboxylic acids is 2. The van der Waals surface area contributed by atoms with Gasteiger partial charge in [0.2, 0.25) is 6.29 Å². The van der Waals surface area contributed by atoms with Crippen molar-refractivity contribution in [3.8, 4) is 28.4 Å². The van der Waals surface area contributed by atoms with E-state index in [0.29, 0.717) is 22.1 Å². The summed E-state index contributed by atoms with van der Waals surface area (Å²) in [4.78, 5) is 34.9. The van der Waals surface area contributed by atoms with E-state index in [0.717, 1.165) is 0 Å². The molecular weight excluding hydrogens is 532 g/mol. The van der Waals surface area contributed by atoms with E-state index in [1.54, 1.807) is 24.3 Å². The number of phenols is 2. The average molecular weight is 556 g/mol. The molecule has 0 aliphatic carbocycles. The summed E-state index contributed by atoms with van der Waals surface area (Å²) < 4.78 is 21.5. The predicted molar refractivity (Wildman–Crippen MR) is 132 cm³/mol. The van der Waals surface area contributed by atoms with Crippen LogP contribution in [0.4, 0.5) is 0 Å². The van der Waals surface area contributed by atoms with Crippen molar-refractivity contribution in [3.05, 3.63) is 53.6 Å². The molecule has 3 aromatic rings. The second-order valence-corrected chi connectivity index (χ2v) is 9.30. The van der Waals surface area contributed by atoms with Crippen molar-refractivity contribution in [2.24, 2.45) is 0 Å². The molecule has 0 aromatic heterocycles. The molecule has 13 heteroatoms. The van der Waals surface area contributed by atoms with Gasteiger partial charge in [0.1, 0.15) is 49.8 Å². The van der Waals surface area contributed by atoms with Gasteiger partial charge in [-0.2, -0.15) is 0 Å². The van der Waals surface area contributed by atoms with E-state index >= 15 is 0 Å². The van der Waals surface area contributed by atoms with E-state index in [1.165, 1.54) is 18.2 Å². The average Bonchev–Trinajstić information content (AvgIpc) is 2.91. The number of aliphatic hydroxyl groups excluding tert-OH is 3. The zero-order valence-electron chi connectivity index (χ0n) is 20.6. The first-order chi connectivity index (χ1) is 19.0. The third-order valence-corrected chi connectivity index (χ3v) is 6.66. The number of benzene rings is 3. The maximum atomic E-state index is 12.6. The van der Waals surface area contributed by atoms with Crippen LogP contribution >= 0.6 is 0 Å². The molecule has 2 heterocycles. The van der Waals surface area contributed by atoms with Gasteiger partial charge in [-0.05, 0) is 35.4 Å². The Bertz CT molecular complexity index is 1480. The van der Waals surface area contributed by atoms with E-state index in [1.807, 2.05) is 0 Å². The Hall–Kier alpha value is -4.43. The molecule has 1 fully saturated rings. The number of carbonyl (C=O) groups is 3. The molecular formula is C27H24O13. The summed E-state index contributed by atoms with van der Waals surface area (Å²) in [6, 6.07) is 10.6. The van der Waals surface area contributed by atoms with Gasteiger partial charge >= 0.3 is 17.9 Å². The van der Waals surface area contributed by atoms with Crippen LogP contribution in [0.1, 0.15) is 22.3 Å². The Labute approximate surface area is 225 Å². The first kappa shape index (κ1) is 27.1. The molecule has 210 valence electrons. The van der Waals surface area contributed by atoms with E-state index in [4.69, 9.17) is 24.1 Å². The first-order valence-corrected chi connectivity index (χ1v) is 12.1. The molecule has 0 saturated carbocycles. The minimum absolute atomic E-state index is 0.00995. The van der Waals surface area contributed by atoms with Gasteiger partial charge < -0.3 is 49.6 Å². The van der Waals surface area contributed by atoms with Gasteiger partial charge in [-0.15, -0.1) is 0 Å². The first-order valence-electron chi connectivity index (χ1n) is 12.1. The van der Waals surface area contributed by atoms with Crippen LogP contribution in [0.3, 0.4) is 0 Å². The molecule has 5 unspecified atom stereocenters. The molecule has 1 saturated heterocycles. The summed E-state index contributed by atoms with van der Waals surface area (Å²) in [6.07, 6.45) is -9.50. The fourth-order valence-corrected chi connectivity index (χ4v) is 4.73. The maximum Gasteiger partial charge on any atom is 0.339 e. The molecule has 0 spiro atoms. The Balaban J connectivity index is 1.56. The van der Waals surface area contributed by atoms with Crippen LogP contribution in [-0.4, -0.2) is 85.9 Å². The van der Waals surface area contributed by atoms with Crippen molar-refractivity contribution >= 4 is 28.7 Å². The number of aliphatic hydroxyl groups is 3. The molecule has 0 radical (unpaired) electrons. The van der Waals surface area contributed by atoms with Crippen molar-refractivity contribution in [3.63, 3.8) is 0 Å². The van der Waals surface area contributed by atoms with Crippen LogP contribution in [0.5, 0.6) is 17.2 Å². The van der Waals surface area contributed by atoms with E-state index in [-0.39, 0.29) is 29.1 Å². The van der Waals surface area contributed by atoms with Gasteiger partial charge in [-0.3, -0.25) is 9.59 Å². The van der Waals surface area contributed by atoms with Gasteiger partial charge in [0.05, 0.1) is 5.56 Å². The number of esters is 2. The number of carboxylic acid groups (broad SMARTS) is 1. The van der Waals surface area contributed by atoms with Crippen LogP contribution in [0.15, 0.2) is 42.5 Å². The number of phenolic OH excluding ortho intramolecular Hbond substituents is 2. The summed E-state index contributed by atoms with van der Waals surface area (Å²) in [7, 11) is 0. The summed E-state index contributed by atoms with van der Waals surface area (Å²) in [6.45, 7) is -0.802. The highest BCUT2D eigenvalue weighted by atomic mass is 16.7. The highest BCUT2D eigenvalue weighted by Crippen LogP contribution is 2.46. The van der Waals surface area contributed by atoms with E-state index in [9.17, 15) is 39.9 Å². The lowest BCUT2D eigenvalue weighted by molar-refractivity contribution is -0.278. The SMILES string of the molecule is O=C(O)CC(=O)OCC1OC(Oc2c(O)cc3c4c(ccc(-c5ccc(O)cc5)c24)C(=O)OC3)C(O)C(O)C1O. The zero-order chi connectivity index (χ0) is 28.7. The van der Waals surface area contributed by atoms with E-state index in [2.05, 4.69) is 0 Å². The number of hydrogen-bond acceptors (Lipinski definition) is 12. The van der Waals surface area contributed by atoms with Crippen LogP contribution in [0.25, 0.3) is 21.9 Å². The Morgan fingerprint density at radius 3 is 2.33 bits per heavy atom. The Kier molecular flexibility index (Phi) is 7.21. The van der Waals surface area contributed by atoms with E-state index < -0.39 is 67.4 Å². The molecule has 13 nitrogen and oxygen atoms in total. The topological polar surface area (TPSA) is 210 Å². The predicted octanol–water partition coefficient (Wildman–Crippen LogP) is 0.793. The highest BCUT2D eigenvalue weighted by molar-refractivity contribution is 6.14. The summed E-state index contributed by atoms with van der Waals surface area (Å²) in [5.41, 5.74) is 1.71. The van der Waals surface area contributed by atoms with Gasteiger partial charge in [0.15, 0.2) is 11.5 Å². The number of cyclic esters (lactones) is 1. The summed E-state index contributed by atoms with van der Waals surface area (Å²) >= 11 is 0. The zero-order valence-corrected chi connectivity index (χ0v) is 20.6. The Morgan fingerprint density at radius 2 is 1.62 bits per heavy atom. The number of carboxylic acids is 1. The van der Waals surface area contributed by atoms with Crippen LogP contribution in [0, 0.1) is 0 Å². The molecule has 2 aliphatic heterocycles. The molecule has 0 bridgehead atoms. The monoisotopic (exact) mass is 556 g/mol. The fraction of sp³-hybridized carbons (Fsp3) is 0.296. The minimum Gasteiger partial charge on any atom is -0.508 e. The van der Waals surface area contributed by atoms with Gasteiger partial charge in [0, 0.05) is 16.3 Å². The highest BCUT2D eigenvalue weighted by Gasteiger charge is 2.46. The van der Waals surface area contributed by atoms with Gasteiger partial charge in [0.25, 0.3) is 0 Å². The number of aliphatic carboxylic acids is 1. The smallest absolute Gasteiger partial charge is 0.339 e. The molecule has 5 atom stereocenters. The van der Waals surface area contributed by atoms with Crippen molar-refractivity contribution in [2.75, 3.05) is 6.61 Å². The molecule has 40 heavy (non-hydrogen) atoms. The Morgan fingerprint density at radius 1 is 0.925 bits per heavy atom. The van der Waals surface area contributed by atoms with Crippen molar-refractivity contribution in [1.82, 2.24) is 0 Å². The lowest BCUT2D eigenvalue weighted by atomic mass is 9.90. The fourth-order valence-electron chi connectivity index (χ4n) is 4.73. The molecule has 6 N–H and O–H groups in total. The third-order valence-electron chi connectivity index (χ3n) is 6.66. The number of ether oxygens (including phenoxy) is 4. The lowest BCUT2D eigenvalue weighted by Gasteiger charge is -2.40. The van der Waals surface area contributed by atoms with Crippen LogP contribution < -0.4 is 4.74 Å². The standard InChI is InChI=1S/C27H24O13/c28-13-3-1-11(2-4-13)14-5-6-15-20-12(9-38-26(15)36)7-16(29)25(21(14)20)40-27-24(35)23(34)22(33)17(39-27)10-37-19(32)8-18(30)31/h1-7,17,22-24,27-29,33-35H,8-10H2,(H,30,31). The van der Waals surface area contributed by atoms with Crippen molar-refractivity contribution < 1.29 is 64.0 Å². The molecule has 3 aromatic carbocycles. The largest absolute Gasteiger partial charge is 0.508 e. The number of rotatable bonds is 7. The van der Waals surface area contributed by atoms with Crippen LogP contribution in [0.2, 0.25) is 0 Å². The van der Waals surface area contributed by atoms with Crippen LogP contribution in [-0.2, 0) is 30.4 Å². The summed E-state index contributed by atoms with van der Waals surface area (Å²) in [5, 5.41) is 61.6. The minimum atomic E-state index is -1.84. The normalized spacial score (nSPS) is 23.9. The summed E-state index contributed by atoms with van der Waals surface area (Å²) in [5.74, 6) is -3.80. The quantitative estimate of drug-likeness (QED) is 0.176. The maximum absolute atomic E-state index is 12.6. The molecule has 2 aliphatic rings. The molecule has 0 amide bonds. The van der Waals surface area contributed by atoms with Gasteiger partial charge in [-0.1, -0.05) is 18.2 Å². The lowest BCUT2D eigenvalue weighted by Crippen LogP contribution is -2.60.